The molecule has 0 aromatic heterocycles. The van der Waals surface area contributed by atoms with Crippen molar-refractivity contribution >= 4 is 34.0 Å². The Balaban J connectivity index is 2.75. The van der Waals surface area contributed by atoms with Crippen LogP contribution in [-0.4, -0.2) is 23.9 Å². The summed E-state index contributed by atoms with van der Waals surface area (Å²) in [4.78, 5) is 10.0. The average Bonchev–Trinajstić information content (AvgIpc) is 2.26. The van der Waals surface area contributed by atoms with E-state index in [1.165, 1.54) is 18.2 Å². The zero-order chi connectivity index (χ0) is 13.1. The van der Waals surface area contributed by atoms with Crippen LogP contribution in [0.4, 0.5) is 20.2 Å². The van der Waals surface area contributed by atoms with E-state index in [2.05, 4.69) is 5.32 Å². The minimum absolute atomic E-state index is 0.0539. The van der Waals surface area contributed by atoms with Crippen molar-refractivity contribution in [2.45, 2.75) is 5.92 Å². The van der Waals surface area contributed by atoms with Crippen LogP contribution in [0.2, 0.25) is 0 Å². The normalized spacial score (nSPS) is 11.3. The molecule has 0 saturated heterocycles. The number of nitro groups is 1. The zero-order valence-electron chi connectivity index (χ0n) is 8.62. The highest BCUT2D eigenvalue weighted by atomic mass is 127. The molecule has 17 heavy (non-hydrogen) atoms. The van der Waals surface area contributed by atoms with Gasteiger partial charge in [0.2, 0.25) is 0 Å². The first-order valence-corrected chi connectivity index (χ1v) is 5.69. The summed E-state index contributed by atoms with van der Waals surface area (Å²) in [6, 6.07) is 4.09. The second-order valence-corrected chi connectivity index (χ2v) is 4.50. The maximum Gasteiger partial charge on any atom is 0.282 e. The van der Waals surface area contributed by atoms with E-state index in [9.17, 15) is 18.9 Å². The molecule has 0 bridgehead atoms. The van der Waals surface area contributed by atoms with Gasteiger partial charge in [-0.25, -0.2) is 8.78 Å². The van der Waals surface area contributed by atoms with Crippen molar-refractivity contribution in [1.29, 1.82) is 0 Å². The lowest BCUT2D eigenvalue weighted by atomic mass is 10.2. The Bertz CT molecular complexity index is 429. The van der Waals surface area contributed by atoms with Crippen molar-refractivity contribution in [3.8, 4) is 0 Å². The lowest BCUT2D eigenvalue weighted by molar-refractivity contribution is -0.385. The number of nitro benzene ring substituents is 1. The number of halogens is 3. The fourth-order valence-corrected chi connectivity index (χ4v) is 1.78. The second kappa shape index (κ2) is 5.54. The number of nitrogens with zero attached hydrogens (tertiary/aromatic N) is 1. The Hall–Kier alpha value is -1.03. The third kappa shape index (κ3) is 4.04. The maximum atomic E-state index is 12.8. The molecular weight excluding hydrogens is 347 g/mol. The third-order valence-corrected chi connectivity index (χ3v) is 2.86. The van der Waals surface area contributed by atoms with E-state index in [0.717, 1.165) is 0 Å². The Morgan fingerprint density at radius 2 is 2.18 bits per heavy atom. The molecular formula is C9H10F2IN3O2. The highest BCUT2D eigenvalue weighted by molar-refractivity contribution is 14.1. The van der Waals surface area contributed by atoms with Crippen LogP contribution >= 0.6 is 22.6 Å². The number of benzene rings is 1. The largest absolute Gasteiger partial charge is 0.379 e. The van der Waals surface area contributed by atoms with E-state index in [1.807, 2.05) is 0 Å². The van der Waals surface area contributed by atoms with Crippen LogP contribution in [0.1, 0.15) is 0 Å². The molecule has 0 unspecified atom stereocenters. The summed E-state index contributed by atoms with van der Waals surface area (Å²) >= 11 is 1.78. The maximum absolute atomic E-state index is 12.8. The number of nitrogens with one attached hydrogen (secondary N) is 1. The lowest BCUT2D eigenvalue weighted by Crippen LogP contribution is -2.35. The molecule has 0 amide bonds. The number of hydrogen-bond donors (Lipinski definition) is 2. The molecule has 1 aromatic rings. The summed E-state index contributed by atoms with van der Waals surface area (Å²) in [7, 11) is 0. The van der Waals surface area contributed by atoms with Gasteiger partial charge in [-0.3, -0.25) is 10.1 Å². The molecule has 94 valence electrons. The molecule has 0 spiro atoms. The van der Waals surface area contributed by atoms with E-state index < -0.39 is 23.9 Å². The lowest BCUT2D eigenvalue weighted by Gasteiger charge is -2.15. The molecule has 0 heterocycles. The topological polar surface area (TPSA) is 81.2 Å². The number of hydrogen-bond acceptors (Lipinski definition) is 4. The molecule has 0 aliphatic rings. The van der Waals surface area contributed by atoms with Gasteiger partial charge in [0.15, 0.2) is 0 Å². The minimum atomic E-state index is -2.99. The van der Waals surface area contributed by atoms with Gasteiger partial charge in [0.25, 0.3) is 11.6 Å². The van der Waals surface area contributed by atoms with E-state index in [1.54, 1.807) is 22.6 Å². The summed E-state index contributed by atoms with van der Waals surface area (Å²) in [5, 5.41) is 13.0. The summed E-state index contributed by atoms with van der Waals surface area (Å²) in [5.74, 6) is -2.99. The van der Waals surface area contributed by atoms with Gasteiger partial charge in [-0.1, -0.05) is 0 Å². The quantitative estimate of drug-likeness (QED) is 0.481. The Kier molecular flexibility index (Phi) is 4.57. The molecule has 0 aliphatic carbocycles. The average molecular weight is 357 g/mol. The molecule has 0 aliphatic heterocycles. The predicted molar refractivity (Wildman–Crippen MR) is 68.3 cm³/mol. The smallest absolute Gasteiger partial charge is 0.282 e. The highest BCUT2D eigenvalue weighted by Crippen LogP contribution is 2.24. The van der Waals surface area contributed by atoms with E-state index >= 15 is 0 Å². The van der Waals surface area contributed by atoms with Gasteiger partial charge in [-0.2, -0.15) is 0 Å². The van der Waals surface area contributed by atoms with Gasteiger partial charge in [-0.05, 0) is 34.7 Å². The SMILES string of the molecule is NCC(F)(F)CNc1ccc([N+](=O)[O-])c(I)c1. The minimum Gasteiger partial charge on any atom is -0.379 e. The second-order valence-electron chi connectivity index (χ2n) is 3.34. The molecule has 3 N–H and O–H groups in total. The Labute approximate surface area is 110 Å². The van der Waals surface area contributed by atoms with Crippen molar-refractivity contribution in [3.63, 3.8) is 0 Å². The van der Waals surface area contributed by atoms with Crippen LogP contribution in [0.5, 0.6) is 0 Å². The molecule has 0 saturated carbocycles. The highest BCUT2D eigenvalue weighted by Gasteiger charge is 2.26. The molecule has 0 fully saturated rings. The molecule has 1 rings (SSSR count). The monoisotopic (exact) mass is 357 g/mol. The third-order valence-electron chi connectivity index (χ3n) is 1.99. The van der Waals surface area contributed by atoms with Crippen molar-refractivity contribution in [2.24, 2.45) is 5.73 Å². The zero-order valence-corrected chi connectivity index (χ0v) is 10.8. The molecule has 0 atom stereocenters. The van der Waals surface area contributed by atoms with Crippen molar-refractivity contribution < 1.29 is 13.7 Å². The molecule has 0 radical (unpaired) electrons. The predicted octanol–water partition coefficient (Wildman–Crippen LogP) is 2.21. The van der Waals surface area contributed by atoms with Crippen LogP contribution in [0.3, 0.4) is 0 Å². The number of alkyl halides is 2. The van der Waals surface area contributed by atoms with Crippen LogP contribution in [0, 0.1) is 13.7 Å². The fraction of sp³-hybridized carbons (Fsp3) is 0.333. The Morgan fingerprint density at radius 3 is 2.65 bits per heavy atom. The molecule has 1 aromatic carbocycles. The first kappa shape index (κ1) is 14.0. The van der Waals surface area contributed by atoms with Gasteiger partial charge in [0, 0.05) is 11.8 Å². The van der Waals surface area contributed by atoms with Crippen LogP contribution in [-0.2, 0) is 0 Å². The fourth-order valence-electron chi connectivity index (χ4n) is 1.07. The van der Waals surface area contributed by atoms with E-state index in [-0.39, 0.29) is 5.69 Å². The first-order valence-electron chi connectivity index (χ1n) is 4.61. The summed E-state index contributed by atoms with van der Waals surface area (Å²) in [5.41, 5.74) is 5.23. The molecule has 8 heteroatoms. The van der Waals surface area contributed by atoms with Gasteiger partial charge in [-0.15, -0.1) is 0 Å². The van der Waals surface area contributed by atoms with Crippen LogP contribution in [0.15, 0.2) is 18.2 Å². The van der Waals surface area contributed by atoms with Gasteiger partial charge in [0.05, 0.1) is 21.6 Å². The van der Waals surface area contributed by atoms with E-state index in [4.69, 9.17) is 5.73 Å². The number of anilines is 1. The van der Waals surface area contributed by atoms with E-state index in [0.29, 0.717) is 9.26 Å². The van der Waals surface area contributed by atoms with Gasteiger partial charge < -0.3 is 11.1 Å². The summed E-state index contributed by atoms with van der Waals surface area (Å²) in [6.07, 6.45) is 0. The molecule has 5 nitrogen and oxygen atoms in total. The summed E-state index contributed by atoms with van der Waals surface area (Å²) in [6.45, 7) is -1.35. The van der Waals surface area contributed by atoms with Crippen molar-refractivity contribution in [3.05, 3.63) is 31.9 Å². The number of rotatable bonds is 5. The van der Waals surface area contributed by atoms with Crippen LogP contribution in [0.25, 0.3) is 0 Å². The van der Waals surface area contributed by atoms with Gasteiger partial charge >= 0.3 is 0 Å². The van der Waals surface area contributed by atoms with Crippen molar-refractivity contribution in [1.82, 2.24) is 0 Å². The Morgan fingerprint density at radius 1 is 1.53 bits per heavy atom. The van der Waals surface area contributed by atoms with Crippen LogP contribution < -0.4 is 11.1 Å². The standard InChI is InChI=1S/C9H10F2IN3O2/c10-9(11,4-13)5-14-6-1-2-8(15(16)17)7(12)3-6/h1-3,14H,4-5,13H2. The summed E-state index contributed by atoms with van der Waals surface area (Å²) < 4.78 is 26.1. The first-order chi connectivity index (χ1) is 7.85. The number of nitrogens with two attached hydrogens (primary N) is 1. The van der Waals surface area contributed by atoms with Gasteiger partial charge in [0.1, 0.15) is 0 Å². The van der Waals surface area contributed by atoms with Crippen molar-refractivity contribution in [2.75, 3.05) is 18.4 Å².